The summed E-state index contributed by atoms with van der Waals surface area (Å²) in [5, 5.41) is 13.6. The number of aromatic nitrogens is 2. The van der Waals surface area contributed by atoms with Crippen LogP contribution in [0.1, 0.15) is 11.1 Å². The second-order valence-corrected chi connectivity index (χ2v) is 4.09. The molecule has 0 fully saturated rings. The molecule has 19 heavy (non-hydrogen) atoms. The van der Waals surface area contributed by atoms with Crippen molar-refractivity contribution < 1.29 is 4.74 Å². The van der Waals surface area contributed by atoms with Crippen LogP contribution in [0.2, 0.25) is 0 Å². The predicted octanol–water partition coefficient (Wildman–Crippen LogP) is 1.04. The number of H-pyrrole nitrogens is 1. The van der Waals surface area contributed by atoms with Gasteiger partial charge in [0.25, 0.3) is 5.56 Å². The molecule has 2 aromatic rings. The van der Waals surface area contributed by atoms with E-state index in [1.807, 2.05) is 25.1 Å². The van der Waals surface area contributed by atoms with Crippen LogP contribution in [0, 0.1) is 12.3 Å². The van der Waals surface area contributed by atoms with E-state index in [1.165, 1.54) is 6.07 Å². The average molecular weight is 258 g/mol. The van der Waals surface area contributed by atoms with Gasteiger partial charge < -0.3 is 10.5 Å². The quantitative estimate of drug-likeness (QED) is 0.565. The maximum Gasteiger partial charge on any atom is 0.275 e. The average Bonchev–Trinajstić information content (AvgIpc) is 2.38. The maximum absolute atomic E-state index is 11.5. The van der Waals surface area contributed by atoms with E-state index in [0.717, 1.165) is 16.9 Å². The van der Waals surface area contributed by atoms with Crippen molar-refractivity contribution in [3.05, 3.63) is 45.7 Å². The zero-order valence-corrected chi connectivity index (χ0v) is 10.7. The summed E-state index contributed by atoms with van der Waals surface area (Å²) < 4.78 is 5.18. The van der Waals surface area contributed by atoms with Crippen LogP contribution in [0.3, 0.4) is 0 Å². The second kappa shape index (κ2) is 4.93. The molecule has 0 atom stereocenters. The Labute approximate surface area is 109 Å². The number of benzene rings is 1. The summed E-state index contributed by atoms with van der Waals surface area (Å²) in [7, 11) is 1.61. The van der Waals surface area contributed by atoms with Crippen LogP contribution in [0.15, 0.2) is 29.1 Å². The number of nitrogens with one attached hydrogen (secondary N) is 2. The molecular weight excluding hydrogens is 244 g/mol. The number of hydrogen-bond acceptors (Lipinski definition) is 4. The Morgan fingerprint density at radius 1 is 1.42 bits per heavy atom. The Morgan fingerprint density at radius 2 is 2.16 bits per heavy atom. The van der Waals surface area contributed by atoms with Crippen LogP contribution in [0.4, 0.5) is 0 Å². The first kappa shape index (κ1) is 12.8. The number of methoxy groups -OCH3 is 1. The summed E-state index contributed by atoms with van der Waals surface area (Å²) >= 11 is 0. The number of nitrogen functional groups attached to an aromatic ring is 1. The molecule has 6 nitrogen and oxygen atoms in total. The zero-order valence-electron chi connectivity index (χ0n) is 10.7. The lowest BCUT2D eigenvalue weighted by Gasteiger charge is -2.07. The largest absolute Gasteiger partial charge is 0.496 e. The van der Waals surface area contributed by atoms with Gasteiger partial charge in [0.2, 0.25) is 0 Å². The van der Waals surface area contributed by atoms with Crippen LogP contribution in [0.25, 0.3) is 11.3 Å². The smallest absolute Gasteiger partial charge is 0.275 e. The van der Waals surface area contributed by atoms with E-state index in [9.17, 15) is 4.79 Å². The van der Waals surface area contributed by atoms with Crippen LogP contribution in [-0.4, -0.2) is 23.1 Å². The lowest BCUT2D eigenvalue weighted by Crippen LogP contribution is -2.24. The van der Waals surface area contributed by atoms with Gasteiger partial charge in [-0.15, -0.1) is 0 Å². The summed E-state index contributed by atoms with van der Waals surface area (Å²) in [5.41, 5.74) is 7.32. The van der Waals surface area contributed by atoms with Crippen molar-refractivity contribution in [2.75, 3.05) is 7.11 Å². The van der Waals surface area contributed by atoms with E-state index >= 15 is 0 Å². The van der Waals surface area contributed by atoms with E-state index in [4.69, 9.17) is 15.9 Å². The molecule has 2 rings (SSSR count). The number of amidine groups is 1. The third-order valence-corrected chi connectivity index (χ3v) is 2.78. The fourth-order valence-corrected chi connectivity index (χ4v) is 1.79. The first-order chi connectivity index (χ1) is 9.02. The molecule has 0 bridgehead atoms. The number of aromatic amines is 1. The summed E-state index contributed by atoms with van der Waals surface area (Å²) in [6, 6.07) is 7.05. The third-order valence-electron chi connectivity index (χ3n) is 2.78. The van der Waals surface area contributed by atoms with Crippen molar-refractivity contribution in [1.82, 2.24) is 10.2 Å². The minimum absolute atomic E-state index is 0.110. The first-order valence-electron chi connectivity index (χ1n) is 5.62. The molecule has 0 spiro atoms. The number of hydrogen-bond donors (Lipinski definition) is 3. The molecule has 0 saturated heterocycles. The van der Waals surface area contributed by atoms with Gasteiger partial charge in [-0.05, 0) is 36.8 Å². The van der Waals surface area contributed by atoms with Gasteiger partial charge in [0.05, 0.1) is 18.4 Å². The van der Waals surface area contributed by atoms with Gasteiger partial charge in [-0.1, -0.05) is 0 Å². The molecular formula is C13H14N4O2. The van der Waals surface area contributed by atoms with Gasteiger partial charge in [-0.2, -0.15) is 5.10 Å². The van der Waals surface area contributed by atoms with Gasteiger partial charge in [0.15, 0.2) is 0 Å². The second-order valence-electron chi connectivity index (χ2n) is 4.09. The Hall–Kier alpha value is -2.63. The SMILES string of the molecule is COc1ccc(-c2cc(C(=N)N)c(=O)[nH]n2)cc1C. The van der Waals surface area contributed by atoms with Gasteiger partial charge in [0.1, 0.15) is 11.6 Å². The molecule has 0 radical (unpaired) electrons. The number of nitrogens with two attached hydrogens (primary N) is 1. The highest BCUT2D eigenvalue weighted by Gasteiger charge is 2.09. The fourth-order valence-electron chi connectivity index (χ4n) is 1.79. The van der Waals surface area contributed by atoms with Crippen LogP contribution < -0.4 is 16.0 Å². The predicted molar refractivity (Wildman–Crippen MR) is 72.6 cm³/mol. The van der Waals surface area contributed by atoms with E-state index in [0.29, 0.717) is 5.69 Å². The van der Waals surface area contributed by atoms with E-state index < -0.39 is 5.56 Å². The van der Waals surface area contributed by atoms with Crippen LogP contribution in [0.5, 0.6) is 5.75 Å². The molecule has 98 valence electrons. The number of aryl methyl sites for hydroxylation is 1. The third kappa shape index (κ3) is 2.47. The van der Waals surface area contributed by atoms with Crippen molar-refractivity contribution in [2.24, 2.45) is 5.73 Å². The summed E-state index contributed by atoms with van der Waals surface area (Å²) in [4.78, 5) is 11.5. The van der Waals surface area contributed by atoms with Gasteiger partial charge in [-0.3, -0.25) is 10.2 Å². The van der Waals surface area contributed by atoms with Crippen molar-refractivity contribution in [3.63, 3.8) is 0 Å². The fraction of sp³-hybridized carbons (Fsp3) is 0.154. The minimum Gasteiger partial charge on any atom is -0.496 e. The highest BCUT2D eigenvalue weighted by atomic mass is 16.5. The molecule has 6 heteroatoms. The molecule has 1 heterocycles. The summed E-state index contributed by atoms with van der Waals surface area (Å²) in [5.74, 6) is 0.495. The first-order valence-corrected chi connectivity index (χ1v) is 5.62. The van der Waals surface area contributed by atoms with E-state index in [-0.39, 0.29) is 11.4 Å². The molecule has 1 aromatic carbocycles. The zero-order chi connectivity index (χ0) is 14.0. The van der Waals surface area contributed by atoms with Crippen molar-refractivity contribution >= 4 is 5.84 Å². The number of ether oxygens (including phenoxy) is 1. The van der Waals surface area contributed by atoms with Crippen LogP contribution >= 0.6 is 0 Å². The lowest BCUT2D eigenvalue weighted by molar-refractivity contribution is 0.412. The van der Waals surface area contributed by atoms with Crippen molar-refractivity contribution in [1.29, 1.82) is 5.41 Å². The molecule has 0 aliphatic rings. The minimum atomic E-state index is -0.471. The maximum atomic E-state index is 11.5. The van der Waals surface area contributed by atoms with Crippen LogP contribution in [-0.2, 0) is 0 Å². The Bertz CT molecular complexity index is 691. The molecule has 1 aromatic heterocycles. The molecule has 0 unspecified atom stereocenters. The highest BCUT2D eigenvalue weighted by Crippen LogP contribution is 2.24. The summed E-state index contributed by atoms with van der Waals surface area (Å²) in [6.07, 6.45) is 0. The Morgan fingerprint density at radius 3 is 2.74 bits per heavy atom. The Balaban J connectivity index is 2.53. The van der Waals surface area contributed by atoms with Crippen molar-refractivity contribution in [2.45, 2.75) is 6.92 Å². The van der Waals surface area contributed by atoms with E-state index in [1.54, 1.807) is 7.11 Å². The molecule has 0 aliphatic carbocycles. The van der Waals surface area contributed by atoms with Gasteiger partial charge in [0, 0.05) is 5.56 Å². The monoisotopic (exact) mass is 258 g/mol. The van der Waals surface area contributed by atoms with E-state index in [2.05, 4.69) is 10.2 Å². The van der Waals surface area contributed by atoms with Crippen molar-refractivity contribution in [3.8, 4) is 17.0 Å². The molecule has 4 N–H and O–H groups in total. The topological polar surface area (TPSA) is 105 Å². The normalized spacial score (nSPS) is 10.2. The lowest BCUT2D eigenvalue weighted by atomic mass is 10.1. The van der Waals surface area contributed by atoms with Gasteiger partial charge in [-0.25, -0.2) is 5.10 Å². The standard InChI is InChI=1S/C13H14N4O2/c1-7-5-8(3-4-11(7)19-2)10-6-9(12(14)15)13(18)17-16-10/h3-6H,1-2H3,(H3,14,15)(H,17,18). The number of rotatable bonds is 3. The number of nitrogens with zero attached hydrogens (tertiary/aromatic N) is 1. The summed E-state index contributed by atoms with van der Waals surface area (Å²) in [6.45, 7) is 1.92. The molecule has 0 amide bonds. The Kier molecular flexibility index (Phi) is 3.33. The molecule has 0 aliphatic heterocycles. The van der Waals surface area contributed by atoms with Gasteiger partial charge >= 0.3 is 0 Å². The molecule has 0 saturated carbocycles. The highest BCUT2D eigenvalue weighted by molar-refractivity contribution is 5.95.